The standard InChI is InChI=1S/C18H19FN4O4/c1-26-16-8-12(2-7-15(16)27-11-17(20)24)9-22-23-18(25)10-21-14-5-3-13(19)4-6-14/h2-9,21H,10-11H2,1H3,(H2,20,24)(H,23,25)/b22-9-. The molecule has 0 radical (unpaired) electrons. The number of primary amides is 1. The van der Waals surface area contributed by atoms with E-state index in [0.29, 0.717) is 22.7 Å². The van der Waals surface area contributed by atoms with E-state index in [2.05, 4.69) is 15.8 Å². The number of nitrogens with zero attached hydrogens (tertiary/aromatic N) is 1. The molecule has 0 atom stereocenters. The molecule has 2 aromatic carbocycles. The first-order chi connectivity index (χ1) is 13.0. The van der Waals surface area contributed by atoms with Crippen LogP contribution in [0.3, 0.4) is 0 Å². The fraction of sp³-hybridized carbons (Fsp3) is 0.167. The third kappa shape index (κ3) is 6.65. The molecular weight excluding hydrogens is 355 g/mol. The van der Waals surface area contributed by atoms with Crippen molar-refractivity contribution in [3.05, 3.63) is 53.8 Å². The van der Waals surface area contributed by atoms with Crippen LogP contribution in [0.4, 0.5) is 10.1 Å². The third-order valence-corrected chi connectivity index (χ3v) is 3.26. The van der Waals surface area contributed by atoms with E-state index in [-0.39, 0.29) is 24.9 Å². The molecule has 0 fully saturated rings. The highest BCUT2D eigenvalue weighted by molar-refractivity contribution is 5.85. The van der Waals surface area contributed by atoms with E-state index in [1.54, 1.807) is 18.2 Å². The Morgan fingerprint density at radius 2 is 1.93 bits per heavy atom. The Labute approximate surface area is 155 Å². The second-order valence-electron chi connectivity index (χ2n) is 5.32. The number of anilines is 1. The van der Waals surface area contributed by atoms with Crippen molar-refractivity contribution in [2.75, 3.05) is 25.6 Å². The molecule has 0 aliphatic rings. The van der Waals surface area contributed by atoms with Gasteiger partial charge in [-0.05, 0) is 48.0 Å². The van der Waals surface area contributed by atoms with Crippen molar-refractivity contribution in [2.45, 2.75) is 0 Å². The molecule has 8 nitrogen and oxygen atoms in total. The first kappa shape index (κ1) is 19.7. The molecule has 0 heterocycles. The van der Waals surface area contributed by atoms with Gasteiger partial charge in [0, 0.05) is 5.69 Å². The number of hydrazone groups is 1. The number of nitrogens with two attached hydrogens (primary N) is 1. The van der Waals surface area contributed by atoms with E-state index in [1.165, 1.54) is 37.6 Å². The highest BCUT2D eigenvalue weighted by atomic mass is 19.1. The molecule has 27 heavy (non-hydrogen) atoms. The van der Waals surface area contributed by atoms with E-state index in [9.17, 15) is 14.0 Å². The number of methoxy groups -OCH3 is 1. The van der Waals surface area contributed by atoms with Crippen molar-refractivity contribution in [1.82, 2.24) is 5.43 Å². The number of nitrogens with one attached hydrogen (secondary N) is 2. The first-order valence-electron chi connectivity index (χ1n) is 7.88. The smallest absolute Gasteiger partial charge is 0.259 e. The Hall–Kier alpha value is -3.62. The van der Waals surface area contributed by atoms with Gasteiger partial charge in [-0.25, -0.2) is 9.82 Å². The van der Waals surface area contributed by atoms with E-state index < -0.39 is 5.91 Å². The normalized spacial score (nSPS) is 10.4. The number of hydrogen-bond donors (Lipinski definition) is 3. The average molecular weight is 374 g/mol. The summed E-state index contributed by atoms with van der Waals surface area (Å²) in [6.07, 6.45) is 1.43. The summed E-state index contributed by atoms with van der Waals surface area (Å²) >= 11 is 0. The molecule has 0 unspecified atom stereocenters. The van der Waals surface area contributed by atoms with Gasteiger partial charge < -0.3 is 20.5 Å². The molecule has 0 aliphatic carbocycles. The number of benzene rings is 2. The highest BCUT2D eigenvalue weighted by Crippen LogP contribution is 2.27. The van der Waals surface area contributed by atoms with Crippen LogP contribution < -0.4 is 25.9 Å². The summed E-state index contributed by atoms with van der Waals surface area (Å²) in [6.45, 7) is -0.285. The summed E-state index contributed by atoms with van der Waals surface area (Å²) in [5.74, 6) is -0.565. The lowest BCUT2D eigenvalue weighted by molar-refractivity contribution is -0.120. The van der Waals surface area contributed by atoms with Crippen LogP contribution in [-0.4, -0.2) is 38.3 Å². The van der Waals surface area contributed by atoms with Crippen molar-refractivity contribution < 1.29 is 23.5 Å². The van der Waals surface area contributed by atoms with Crippen LogP contribution in [0.5, 0.6) is 11.5 Å². The molecule has 0 aliphatic heterocycles. The summed E-state index contributed by atoms with van der Waals surface area (Å²) < 4.78 is 23.2. The molecule has 0 bridgehead atoms. The Balaban J connectivity index is 1.86. The Morgan fingerprint density at radius 1 is 1.19 bits per heavy atom. The lowest BCUT2D eigenvalue weighted by Crippen LogP contribution is -2.25. The molecule has 9 heteroatoms. The molecular formula is C18H19FN4O4. The lowest BCUT2D eigenvalue weighted by Gasteiger charge is -2.09. The van der Waals surface area contributed by atoms with Crippen molar-refractivity contribution >= 4 is 23.7 Å². The number of hydrogen-bond acceptors (Lipinski definition) is 6. The maximum absolute atomic E-state index is 12.8. The van der Waals surface area contributed by atoms with Gasteiger partial charge in [-0.1, -0.05) is 0 Å². The Bertz CT molecular complexity index is 825. The number of carbonyl (C=O) groups is 2. The van der Waals surface area contributed by atoms with Gasteiger partial charge in [0.05, 0.1) is 19.9 Å². The second kappa shape index (κ2) is 9.76. The van der Waals surface area contributed by atoms with Crippen LogP contribution in [0.1, 0.15) is 5.56 Å². The molecule has 2 rings (SSSR count). The van der Waals surface area contributed by atoms with Gasteiger partial charge in [0.15, 0.2) is 18.1 Å². The van der Waals surface area contributed by atoms with Gasteiger partial charge in [-0.15, -0.1) is 0 Å². The molecule has 0 saturated heterocycles. The topological polar surface area (TPSA) is 115 Å². The van der Waals surface area contributed by atoms with Crippen LogP contribution in [0.2, 0.25) is 0 Å². The van der Waals surface area contributed by atoms with Crippen molar-refractivity contribution in [3.8, 4) is 11.5 Å². The number of rotatable bonds is 9. The predicted molar refractivity (Wildman–Crippen MR) is 98.3 cm³/mol. The number of amides is 2. The van der Waals surface area contributed by atoms with Crippen LogP contribution in [0.25, 0.3) is 0 Å². The van der Waals surface area contributed by atoms with Gasteiger partial charge >= 0.3 is 0 Å². The maximum atomic E-state index is 12.8. The summed E-state index contributed by atoms with van der Waals surface area (Å²) in [7, 11) is 1.45. The molecule has 0 saturated carbocycles. The summed E-state index contributed by atoms with van der Waals surface area (Å²) in [5.41, 5.74) is 8.66. The minimum atomic E-state index is -0.598. The molecule has 0 spiro atoms. The minimum absolute atomic E-state index is 0.0216. The summed E-state index contributed by atoms with van der Waals surface area (Å²) in [6, 6.07) is 10.5. The predicted octanol–water partition coefficient (Wildman–Crippen LogP) is 1.26. The van der Waals surface area contributed by atoms with E-state index in [1.807, 2.05) is 0 Å². The van der Waals surface area contributed by atoms with E-state index in [4.69, 9.17) is 15.2 Å². The van der Waals surface area contributed by atoms with E-state index in [0.717, 1.165) is 0 Å². The Kier molecular flexibility index (Phi) is 7.12. The molecule has 142 valence electrons. The van der Waals surface area contributed by atoms with Crippen LogP contribution in [0, 0.1) is 5.82 Å². The van der Waals surface area contributed by atoms with Crippen LogP contribution in [0.15, 0.2) is 47.6 Å². The first-order valence-corrected chi connectivity index (χ1v) is 7.88. The summed E-state index contributed by atoms with van der Waals surface area (Å²) in [4.78, 5) is 22.5. The fourth-order valence-electron chi connectivity index (χ4n) is 2.00. The van der Waals surface area contributed by atoms with E-state index >= 15 is 0 Å². The SMILES string of the molecule is COc1cc(/C=N\NC(=O)CNc2ccc(F)cc2)ccc1OCC(N)=O. The quantitative estimate of drug-likeness (QED) is 0.452. The lowest BCUT2D eigenvalue weighted by atomic mass is 10.2. The van der Waals surface area contributed by atoms with Crippen LogP contribution in [-0.2, 0) is 9.59 Å². The number of ether oxygens (including phenoxy) is 2. The largest absolute Gasteiger partial charge is 0.493 e. The van der Waals surface area contributed by atoms with Crippen LogP contribution >= 0.6 is 0 Å². The molecule has 0 aromatic heterocycles. The minimum Gasteiger partial charge on any atom is -0.493 e. The monoisotopic (exact) mass is 374 g/mol. The zero-order chi connectivity index (χ0) is 19.6. The molecule has 2 amide bonds. The highest BCUT2D eigenvalue weighted by Gasteiger charge is 2.06. The van der Waals surface area contributed by atoms with Crippen molar-refractivity contribution in [3.63, 3.8) is 0 Å². The van der Waals surface area contributed by atoms with Crippen molar-refractivity contribution in [1.29, 1.82) is 0 Å². The van der Waals surface area contributed by atoms with Gasteiger partial charge in [-0.2, -0.15) is 5.10 Å². The number of carbonyl (C=O) groups excluding carboxylic acids is 2. The maximum Gasteiger partial charge on any atom is 0.259 e. The Morgan fingerprint density at radius 3 is 2.59 bits per heavy atom. The van der Waals surface area contributed by atoms with Gasteiger partial charge in [0.1, 0.15) is 5.82 Å². The zero-order valence-corrected chi connectivity index (χ0v) is 14.6. The van der Waals surface area contributed by atoms with Crippen molar-refractivity contribution in [2.24, 2.45) is 10.8 Å². The molecule has 4 N–H and O–H groups in total. The average Bonchev–Trinajstić information content (AvgIpc) is 2.66. The summed E-state index contributed by atoms with van der Waals surface area (Å²) in [5, 5.41) is 6.69. The second-order valence-corrected chi connectivity index (χ2v) is 5.32. The third-order valence-electron chi connectivity index (χ3n) is 3.26. The van der Waals surface area contributed by atoms with Gasteiger partial charge in [0.25, 0.3) is 11.8 Å². The van der Waals surface area contributed by atoms with Gasteiger partial charge in [-0.3, -0.25) is 9.59 Å². The number of halogens is 1. The molecule has 2 aromatic rings. The zero-order valence-electron chi connectivity index (χ0n) is 14.6. The fourth-order valence-corrected chi connectivity index (χ4v) is 2.00. The van der Waals surface area contributed by atoms with Gasteiger partial charge in [0.2, 0.25) is 0 Å².